The van der Waals surface area contributed by atoms with E-state index in [9.17, 15) is 0 Å². The third kappa shape index (κ3) is 6.03. The molecule has 0 atom stereocenters. The zero-order valence-corrected chi connectivity index (χ0v) is 12.5. The summed E-state index contributed by atoms with van der Waals surface area (Å²) >= 11 is 0. The van der Waals surface area contributed by atoms with Gasteiger partial charge in [0, 0.05) is 31.0 Å². The van der Waals surface area contributed by atoms with E-state index in [0.29, 0.717) is 0 Å². The fourth-order valence-corrected chi connectivity index (χ4v) is 1.91. The number of nitrogens with zero attached hydrogens (tertiary/aromatic N) is 2. The van der Waals surface area contributed by atoms with Crippen LogP contribution in [-0.2, 0) is 6.54 Å². The van der Waals surface area contributed by atoms with Crippen LogP contribution in [0, 0.1) is 0 Å². The first kappa shape index (κ1) is 15.9. The predicted octanol–water partition coefficient (Wildman–Crippen LogP) is 2.30. The lowest BCUT2D eigenvalue weighted by molar-refractivity contribution is 0.221. The number of hydrogen-bond acceptors (Lipinski definition) is 4. The molecule has 0 fully saturated rings. The summed E-state index contributed by atoms with van der Waals surface area (Å²) in [6.45, 7) is 12.2. The first-order valence-electron chi connectivity index (χ1n) is 7.30. The maximum atomic E-state index is 5.88. The summed E-state index contributed by atoms with van der Waals surface area (Å²) < 4.78 is 5.88. The summed E-state index contributed by atoms with van der Waals surface area (Å²) in [4.78, 5) is 6.53. The number of aromatic nitrogens is 1. The summed E-state index contributed by atoms with van der Waals surface area (Å²) in [7, 11) is 0. The fraction of sp³-hybridized carbons (Fsp3) is 0.667. The molecule has 0 aliphatic heterocycles. The largest absolute Gasteiger partial charge is 0.492 e. The van der Waals surface area contributed by atoms with Crippen molar-refractivity contribution in [2.24, 2.45) is 0 Å². The molecule has 19 heavy (non-hydrogen) atoms. The molecule has 0 saturated heterocycles. The lowest BCUT2D eigenvalue weighted by Crippen LogP contribution is -2.28. The molecule has 1 heterocycles. The molecule has 0 bridgehead atoms. The lowest BCUT2D eigenvalue weighted by atomic mass is 10.2. The Morgan fingerprint density at radius 2 is 2.05 bits per heavy atom. The van der Waals surface area contributed by atoms with E-state index in [4.69, 9.17) is 4.74 Å². The van der Waals surface area contributed by atoms with Gasteiger partial charge in [0.2, 0.25) is 0 Å². The molecule has 0 radical (unpaired) electrons. The van der Waals surface area contributed by atoms with Gasteiger partial charge in [0.25, 0.3) is 0 Å². The molecule has 1 aromatic heterocycles. The molecule has 1 N–H and O–H groups in total. The van der Waals surface area contributed by atoms with Crippen LogP contribution < -0.4 is 10.1 Å². The van der Waals surface area contributed by atoms with E-state index in [-0.39, 0.29) is 0 Å². The molecule has 1 rings (SSSR count). The van der Waals surface area contributed by atoms with E-state index in [1.54, 1.807) is 6.20 Å². The highest BCUT2D eigenvalue weighted by Gasteiger charge is 2.04. The van der Waals surface area contributed by atoms with Gasteiger partial charge < -0.3 is 15.0 Å². The van der Waals surface area contributed by atoms with E-state index in [1.165, 1.54) is 0 Å². The number of ether oxygens (including phenoxy) is 1. The molecule has 4 nitrogen and oxygen atoms in total. The van der Waals surface area contributed by atoms with Crippen molar-refractivity contribution in [3.8, 4) is 5.75 Å². The van der Waals surface area contributed by atoms with E-state index in [1.807, 2.05) is 12.3 Å². The molecule has 0 aliphatic rings. The molecule has 0 amide bonds. The van der Waals surface area contributed by atoms with Crippen molar-refractivity contribution < 1.29 is 4.74 Å². The Morgan fingerprint density at radius 3 is 2.74 bits per heavy atom. The van der Waals surface area contributed by atoms with Gasteiger partial charge in [-0.25, -0.2) is 0 Å². The Hall–Kier alpha value is -1.13. The van der Waals surface area contributed by atoms with Gasteiger partial charge >= 0.3 is 0 Å². The number of likely N-dealkylation sites (N-methyl/N-ethyl adjacent to an activating group) is 1. The van der Waals surface area contributed by atoms with Crippen molar-refractivity contribution >= 4 is 0 Å². The van der Waals surface area contributed by atoms with Gasteiger partial charge in [-0.15, -0.1) is 0 Å². The topological polar surface area (TPSA) is 37.4 Å². The average Bonchev–Trinajstić information content (AvgIpc) is 2.45. The summed E-state index contributed by atoms with van der Waals surface area (Å²) in [6, 6.07) is 1.95. The van der Waals surface area contributed by atoms with Gasteiger partial charge in [-0.2, -0.15) is 0 Å². The van der Waals surface area contributed by atoms with Gasteiger partial charge in [0.05, 0.1) is 0 Å². The summed E-state index contributed by atoms with van der Waals surface area (Å²) in [5, 5.41) is 3.38. The minimum atomic E-state index is 0.729. The Bertz CT molecular complexity index is 340. The van der Waals surface area contributed by atoms with Crippen molar-refractivity contribution in [3.05, 3.63) is 24.0 Å². The van der Waals surface area contributed by atoms with Crippen LogP contribution in [0.3, 0.4) is 0 Å². The van der Waals surface area contributed by atoms with Crippen molar-refractivity contribution in [1.82, 2.24) is 15.2 Å². The smallest absolute Gasteiger partial charge is 0.126 e. The quantitative estimate of drug-likeness (QED) is 0.659. The third-order valence-electron chi connectivity index (χ3n) is 3.16. The number of nitrogens with one attached hydrogen (secondary N) is 1. The van der Waals surface area contributed by atoms with Gasteiger partial charge in [-0.3, -0.25) is 4.98 Å². The zero-order valence-electron chi connectivity index (χ0n) is 12.5. The van der Waals surface area contributed by atoms with Gasteiger partial charge in [-0.1, -0.05) is 20.8 Å². The normalized spacial score (nSPS) is 10.9. The van der Waals surface area contributed by atoms with E-state index in [0.717, 1.165) is 57.1 Å². The Labute approximate surface area is 117 Å². The molecule has 0 saturated carbocycles. The number of rotatable bonds is 10. The van der Waals surface area contributed by atoms with E-state index >= 15 is 0 Å². The highest BCUT2D eigenvalue weighted by atomic mass is 16.5. The molecular weight excluding hydrogens is 238 g/mol. The van der Waals surface area contributed by atoms with Crippen molar-refractivity contribution in [2.75, 3.05) is 32.8 Å². The highest BCUT2D eigenvalue weighted by molar-refractivity contribution is 5.29. The lowest BCUT2D eigenvalue weighted by Gasteiger charge is -2.18. The maximum Gasteiger partial charge on any atom is 0.126 e. The Kier molecular flexibility index (Phi) is 8.18. The first-order chi connectivity index (χ1) is 9.31. The van der Waals surface area contributed by atoms with Crippen molar-refractivity contribution in [1.29, 1.82) is 0 Å². The zero-order chi connectivity index (χ0) is 13.9. The summed E-state index contributed by atoms with van der Waals surface area (Å²) in [6.07, 6.45) is 4.81. The SMILES string of the molecule is CCCNCc1cnccc1OCCN(CC)CC. The van der Waals surface area contributed by atoms with Crippen LogP contribution in [0.15, 0.2) is 18.5 Å². The first-order valence-corrected chi connectivity index (χ1v) is 7.30. The van der Waals surface area contributed by atoms with Crippen molar-refractivity contribution in [3.63, 3.8) is 0 Å². The molecule has 0 aliphatic carbocycles. The second-order valence-corrected chi connectivity index (χ2v) is 4.54. The average molecular weight is 265 g/mol. The summed E-state index contributed by atoms with van der Waals surface area (Å²) in [5.74, 6) is 0.950. The van der Waals surface area contributed by atoms with Crippen LogP contribution in [0.25, 0.3) is 0 Å². The van der Waals surface area contributed by atoms with Crippen LogP contribution in [0.2, 0.25) is 0 Å². The number of pyridine rings is 1. The van der Waals surface area contributed by atoms with Crippen LogP contribution >= 0.6 is 0 Å². The molecule has 108 valence electrons. The van der Waals surface area contributed by atoms with Gasteiger partial charge in [-0.05, 0) is 32.1 Å². The maximum absolute atomic E-state index is 5.88. The Morgan fingerprint density at radius 1 is 1.26 bits per heavy atom. The van der Waals surface area contributed by atoms with Gasteiger partial charge in [0.1, 0.15) is 12.4 Å². The fourth-order valence-electron chi connectivity index (χ4n) is 1.91. The van der Waals surface area contributed by atoms with Crippen molar-refractivity contribution in [2.45, 2.75) is 33.7 Å². The molecular formula is C15H27N3O. The molecule has 1 aromatic rings. The Balaban J connectivity index is 2.43. The molecule has 4 heteroatoms. The monoisotopic (exact) mass is 265 g/mol. The molecule has 0 spiro atoms. The summed E-state index contributed by atoms with van der Waals surface area (Å²) in [5.41, 5.74) is 1.13. The van der Waals surface area contributed by atoms with Gasteiger partial charge in [0.15, 0.2) is 0 Å². The van der Waals surface area contributed by atoms with Crippen LogP contribution in [-0.4, -0.2) is 42.7 Å². The molecule has 0 aromatic carbocycles. The van der Waals surface area contributed by atoms with Crippen LogP contribution in [0.1, 0.15) is 32.8 Å². The standard InChI is InChI=1S/C15H27N3O/c1-4-8-16-12-14-13-17-9-7-15(14)19-11-10-18(5-2)6-3/h7,9,13,16H,4-6,8,10-12H2,1-3H3. The van der Waals surface area contributed by atoms with E-state index in [2.05, 4.69) is 36.0 Å². The second kappa shape index (κ2) is 9.75. The van der Waals surface area contributed by atoms with E-state index < -0.39 is 0 Å². The van der Waals surface area contributed by atoms with Crippen LogP contribution in [0.4, 0.5) is 0 Å². The third-order valence-corrected chi connectivity index (χ3v) is 3.16. The minimum Gasteiger partial charge on any atom is -0.492 e. The molecule has 0 unspecified atom stereocenters. The highest BCUT2D eigenvalue weighted by Crippen LogP contribution is 2.16. The number of hydrogen-bond donors (Lipinski definition) is 1. The predicted molar refractivity (Wildman–Crippen MR) is 79.5 cm³/mol. The minimum absolute atomic E-state index is 0.729. The second-order valence-electron chi connectivity index (χ2n) is 4.54. The van der Waals surface area contributed by atoms with Crippen LogP contribution in [0.5, 0.6) is 5.75 Å².